The second-order valence-corrected chi connectivity index (χ2v) is 6.53. The highest BCUT2D eigenvalue weighted by Crippen LogP contribution is 2.27. The molecule has 2 aromatic carbocycles. The van der Waals surface area contributed by atoms with Crippen LogP contribution in [0.5, 0.6) is 5.75 Å². The highest BCUT2D eigenvalue weighted by Gasteiger charge is 2.16. The molecule has 0 unspecified atom stereocenters. The fourth-order valence-corrected chi connectivity index (χ4v) is 2.43. The molecule has 0 aliphatic carbocycles. The van der Waals surface area contributed by atoms with Gasteiger partial charge in [-0.2, -0.15) is 0 Å². The molecule has 150 valence electrons. The monoisotopic (exact) mass is 394 g/mol. The summed E-state index contributed by atoms with van der Waals surface area (Å²) >= 11 is 0. The molecule has 28 heavy (non-hydrogen) atoms. The molecule has 0 saturated carbocycles. The molecule has 0 heterocycles. The van der Waals surface area contributed by atoms with E-state index in [1.807, 2.05) is 39.0 Å². The van der Waals surface area contributed by atoms with E-state index in [0.717, 1.165) is 17.2 Å². The predicted molar refractivity (Wildman–Crippen MR) is 98.7 cm³/mol. The summed E-state index contributed by atoms with van der Waals surface area (Å²) < 4.78 is 45.1. The Bertz CT molecular complexity index is 885. The average Bonchev–Trinajstić information content (AvgIpc) is 2.65. The van der Waals surface area contributed by atoms with E-state index < -0.39 is 41.5 Å². The topological polar surface area (TPSA) is 67.4 Å². The molecule has 2 N–H and O–H groups in total. The van der Waals surface area contributed by atoms with Crippen LogP contribution in [0.25, 0.3) is 0 Å². The van der Waals surface area contributed by atoms with E-state index in [-0.39, 0.29) is 12.5 Å². The van der Waals surface area contributed by atoms with Crippen molar-refractivity contribution in [3.8, 4) is 5.75 Å². The van der Waals surface area contributed by atoms with Gasteiger partial charge in [0.15, 0.2) is 24.1 Å². The molecule has 0 bridgehead atoms. The molecule has 2 amide bonds. The third-order valence-electron chi connectivity index (χ3n) is 3.91. The SMILES string of the molecule is Cc1ccc(C(C)C)c(OCC(=O)NCC(=O)Nc2ccc(F)c(F)c2F)c1. The highest BCUT2D eigenvalue weighted by molar-refractivity contribution is 5.94. The summed E-state index contributed by atoms with van der Waals surface area (Å²) in [5.41, 5.74) is 1.41. The predicted octanol–water partition coefficient (Wildman–Crippen LogP) is 3.67. The lowest BCUT2D eigenvalue weighted by Crippen LogP contribution is -2.36. The first-order valence-corrected chi connectivity index (χ1v) is 8.62. The number of carbonyl (C=O) groups excluding carboxylic acids is 2. The zero-order valence-electron chi connectivity index (χ0n) is 15.7. The first-order valence-electron chi connectivity index (χ1n) is 8.62. The van der Waals surface area contributed by atoms with Crippen molar-refractivity contribution in [2.75, 3.05) is 18.5 Å². The van der Waals surface area contributed by atoms with Gasteiger partial charge in [-0.3, -0.25) is 9.59 Å². The van der Waals surface area contributed by atoms with Crippen molar-refractivity contribution < 1.29 is 27.5 Å². The molecule has 0 radical (unpaired) electrons. The maximum Gasteiger partial charge on any atom is 0.258 e. The molecule has 0 aliphatic heterocycles. The molecular weight excluding hydrogens is 373 g/mol. The molecular formula is C20H21F3N2O3. The van der Waals surface area contributed by atoms with Gasteiger partial charge in [-0.05, 0) is 42.2 Å². The van der Waals surface area contributed by atoms with Crippen LogP contribution in [0.1, 0.15) is 30.9 Å². The van der Waals surface area contributed by atoms with Gasteiger partial charge in [-0.15, -0.1) is 0 Å². The third-order valence-corrected chi connectivity index (χ3v) is 3.91. The number of nitrogens with one attached hydrogen (secondary N) is 2. The number of rotatable bonds is 7. The van der Waals surface area contributed by atoms with E-state index in [1.54, 1.807) is 0 Å². The van der Waals surface area contributed by atoms with E-state index in [0.29, 0.717) is 11.8 Å². The van der Waals surface area contributed by atoms with Gasteiger partial charge in [-0.1, -0.05) is 26.0 Å². The van der Waals surface area contributed by atoms with Crippen molar-refractivity contribution >= 4 is 17.5 Å². The summed E-state index contributed by atoms with van der Waals surface area (Å²) in [5, 5.41) is 4.38. The van der Waals surface area contributed by atoms with Gasteiger partial charge in [-0.25, -0.2) is 13.2 Å². The minimum Gasteiger partial charge on any atom is -0.483 e. The van der Waals surface area contributed by atoms with Gasteiger partial charge in [0.1, 0.15) is 5.75 Å². The molecule has 2 aromatic rings. The Labute approximate surface area is 160 Å². The number of hydrogen-bond donors (Lipinski definition) is 2. The van der Waals surface area contributed by atoms with Crippen molar-refractivity contribution in [3.05, 3.63) is 58.9 Å². The van der Waals surface area contributed by atoms with Gasteiger partial charge < -0.3 is 15.4 Å². The zero-order chi connectivity index (χ0) is 20.8. The van der Waals surface area contributed by atoms with Crippen LogP contribution in [0.2, 0.25) is 0 Å². The summed E-state index contributed by atoms with van der Waals surface area (Å²) in [7, 11) is 0. The zero-order valence-corrected chi connectivity index (χ0v) is 15.7. The standard InChI is InChI=1S/C20H21F3N2O3/c1-11(2)13-5-4-12(3)8-16(13)28-10-18(27)24-9-17(26)25-15-7-6-14(21)19(22)20(15)23/h4-8,11H,9-10H2,1-3H3,(H,24,27)(H,25,26). The first kappa shape index (κ1) is 21.3. The van der Waals surface area contributed by atoms with Gasteiger partial charge in [0, 0.05) is 0 Å². The van der Waals surface area contributed by atoms with Crippen LogP contribution in [0.4, 0.5) is 18.9 Å². The van der Waals surface area contributed by atoms with Crippen molar-refractivity contribution in [3.63, 3.8) is 0 Å². The minimum atomic E-state index is -1.69. The molecule has 0 aliphatic rings. The van der Waals surface area contributed by atoms with Crippen molar-refractivity contribution in [1.29, 1.82) is 0 Å². The highest BCUT2D eigenvalue weighted by atomic mass is 19.2. The van der Waals surface area contributed by atoms with E-state index in [4.69, 9.17) is 4.74 Å². The molecule has 0 aromatic heterocycles. The Morgan fingerprint density at radius 1 is 1.04 bits per heavy atom. The molecule has 0 saturated heterocycles. The molecule has 0 spiro atoms. The van der Waals surface area contributed by atoms with Crippen molar-refractivity contribution in [2.45, 2.75) is 26.7 Å². The van der Waals surface area contributed by atoms with Crippen LogP contribution in [0.15, 0.2) is 30.3 Å². The number of aryl methyl sites for hydroxylation is 1. The van der Waals surface area contributed by atoms with E-state index in [9.17, 15) is 22.8 Å². The van der Waals surface area contributed by atoms with Gasteiger partial charge in [0.2, 0.25) is 5.91 Å². The van der Waals surface area contributed by atoms with Crippen molar-refractivity contribution in [1.82, 2.24) is 5.32 Å². The Morgan fingerprint density at radius 3 is 2.43 bits per heavy atom. The molecule has 5 nitrogen and oxygen atoms in total. The maximum absolute atomic E-state index is 13.5. The number of hydrogen-bond acceptors (Lipinski definition) is 3. The van der Waals surface area contributed by atoms with Crippen LogP contribution < -0.4 is 15.4 Å². The third kappa shape index (κ3) is 5.48. The summed E-state index contributed by atoms with van der Waals surface area (Å²) in [6.45, 7) is 5.11. The Morgan fingerprint density at radius 2 is 1.75 bits per heavy atom. The Kier molecular flexibility index (Phi) is 7.03. The summed E-state index contributed by atoms with van der Waals surface area (Å²) in [6.07, 6.45) is 0. The number of carbonyl (C=O) groups is 2. The Balaban J connectivity index is 1.87. The quantitative estimate of drug-likeness (QED) is 0.704. The van der Waals surface area contributed by atoms with Crippen LogP contribution in [0, 0.1) is 24.4 Å². The van der Waals surface area contributed by atoms with Crippen LogP contribution in [-0.2, 0) is 9.59 Å². The van der Waals surface area contributed by atoms with Crippen molar-refractivity contribution in [2.24, 2.45) is 0 Å². The second kappa shape index (κ2) is 9.25. The lowest BCUT2D eigenvalue weighted by Gasteiger charge is -2.15. The summed E-state index contributed by atoms with van der Waals surface area (Å²) in [5.74, 6) is -5.13. The fourth-order valence-electron chi connectivity index (χ4n) is 2.43. The lowest BCUT2D eigenvalue weighted by molar-refractivity contribution is -0.125. The normalized spacial score (nSPS) is 10.7. The number of amides is 2. The van der Waals surface area contributed by atoms with Gasteiger partial charge in [0.05, 0.1) is 12.2 Å². The smallest absolute Gasteiger partial charge is 0.258 e. The summed E-state index contributed by atoms with van der Waals surface area (Å²) in [4.78, 5) is 23.7. The van der Waals surface area contributed by atoms with Crippen LogP contribution in [0.3, 0.4) is 0 Å². The van der Waals surface area contributed by atoms with E-state index >= 15 is 0 Å². The van der Waals surface area contributed by atoms with E-state index in [1.165, 1.54) is 0 Å². The first-order chi connectivity index (χ1) is 13.2. The average molecular weight is 394 g/mol. The van der Waals surface area contributed by atoms with Gasteiger partial charge in [0.25, 0.3) is 5.91 Å². The summed E-state index contributed by atoms with van der Waals surface area (Å²) in [6, 6.07) is 7.28. The minimum absolute atomic E-state index is 0.204. The number of halogens is 3. The number of anilines is 1. The van der Waals surface area contributed by atoms with Gasteiger partial charge >= 0.3 is 0 Å². The van der Waals surface area contributed by atoms with E-state index in [2.05, 4.69) is 10.6 Å². The molecule has 0 atom stereocenters. The number of ether oxygens (including phenoxy) is 1. The fraction of sp³-hybridized carbons (Fsp3) is 0.300. The molecule has 2 rings (SSSR count). The Hall–Kier alpha value is -3.03. The van der Waals surface area contributed by atoms with Crippen LogP contribution >= 0.6 is 0 Å². The lowest BCUT2D eigenvalue weighted by atomic mass is 10.0. The largest absolute Gasteiger partial charge is 0.483 e. The molecule has 0 fully saturated rings. The molecule has 8 heteroatoms. The van der Waals surface area contributed by atoms with Crippen LogP contribution in [-0.4, -0.2) is 25.0 Å². The second-order valence-electron chi connectivity index (χ2n) is 6.53. The number of benzene rings is 2. The maximum atomic E-state index is 13.5.